The molecule has 2 N–H and O–H groups in total. The molecule has 4 rings (SSSR count). The van der Waals surface area contributed by atoms with Gasteiger partial charge in [-0.25, -0.2) is 0 Å². The van der Waals surface area contributed by atoms with E-state index in [2.05, 4.69) is 17.3 Å². The molecule has 0 unspecified atom stereocenters. The Bertz CT molecular complexity index is 1400. The van der Waals surface area contributed by atoms with E-state index >= 15 is 0 Å². The first-order valence-electron chi connectivity index (χ1n) is 15.9. The molecule has 0 aliphatic carbocycles. The minimum atomic E-state index is -0.210. The number of rotatable bonds is 15. The molecular formula is C36H46N4O5. The maximum atomic E-state index is 13.4. The Morgan fingerprint density at radius 3 is 2.31 bits per heavy atom. The molecule has 3 aromatic carbocycles. The van der Waals surface area contributed by atoms with Gasteiger partial charge in [0.2, 0.25) is 5.91 Å². The second-order valence-electron chi connectivity index (χ2n) is 11.5. The molecule has 45 heavy (non-hydrogen) atoms. The van der Waals surface area contributed by atoms with Gasteiger partial charge in [0.1, 0.15) is 5.75 Å². The van der Waals surface area contributed by atoms with Gasteiger partial charge in [-0.2, -0.15) is 0 Å². The fourth-order valence-corrected chi connectivity index (χ4v) is 5.39. The van der Waals surface area contributed by atoms with Crippen LogP contribution in [0.4, 0.5) is 11.4 Å². The minimum absolute atomic E-state index is 0.134. The third kappa shape index (κ3) is 9.89. The predicted octanol–water partition coefficient (Wildman–Crippen LogP) is 5.24. The zero-order valence-corrected chi connectivity index (χ0v) is 26.5. The predicted molar refractivity (Wildman–Crippen MR) is 178 cm³/mol. The van der Waals surface area contributed by atoms with E-state index < -0.39 is 0 Å². The minimum Gasteiger partial charge on any atom is -0.491 e. The standard InChI is InChI=1S/C36H46N4O5/c1-38-22-24-40(25-23-38)34(42)17-4-3-11-27-45-33-16-8-7-15-32(33)39(2)36(44)29-18-20-30(21-19-29)37-35(43)31-14-6-5-12-28(31)13-9-10-26-41/h5-8,12,14-16,18-21,41H,3-4,9-11,13,17,22-27H2,1-2H3,(H,37,43). The molecule has 1 aliphatic rings. The summed E-state index contributed by atoms with van der Waals surface area (Å²) in [6.07, 6.45) is 5.33. The van der Waals surface area contributed by atoms with E-state index in [-0.39, 0.29) is 24.3 Å². The molecule has 1 aliphatic heterocycles. The van der Waals surface area contributed by atoms with E-state index in [1.807, 2.05) is 47.4 Å². The third-order valence-electron chi connectivity index (χ3n) is 8.19. The molecule has 1 fully saturated rings. The van der Waals surface area contributed by atoms with E-state index in [0.717, 1.165) is 57.4 Å². The van der Waals surface area contributed by atoms with Crippen LogP contribution >= 0.6 is 0 Å². The number of nitrogens with one attached hydrogen (secondary N) is 1. The van der Waals surface area contributed by atoms with Crippen molar-refractivity contribution in [2.45, 2.75) is 44.9 Å². The van der Waals surface area contributed by atoms with Gasteiger partial charge in [0.15, 0.2) is 0 Å². The Morgan fingerprint density at radius 1 is 0.844 bits per heavy atom. The summed E-state index contributed by atoms with van der Waals surface area (Å²) in [5, 5.41) is 12.0. The summed E-state index contributed by atoms with van der Waals surface area (Å²) in [4.78, 5) is 44.6. The molecule has 240 valence electrons. The van der Waals surface area contributed by atoms with Crippen LogP contribution in [0.5, 0.6) is 5.75 Å². The molecule has 9 heteroatoms. The Hall–Kier alpha value is -4.21. The number of hydrogen-bond donors (Lipinski definition) is 2. The first kappa shape index (κ1) is 33.7. The number of para-hydroxylation sites is 2. The SMILES string of the molecule is CN1CCN(C(=O)CCCCCOc2ccccc2N(C)C(=O)c2ccc(NC(=O)c3ccccc3CCCCO)cc2)CC1. The van der Waals surface area contributed by atoms with Crippen molar-refractivity contribution in [1.29, 1.82) is 0 Å². The highest BCUT2D eigenvalue weighted by atomic mass is 16.5. The van der Waals surface area contributed by atoms with E-state index in [1.165, 1.54) is 0 Å². The molecule has 1 heterocycles. The number of aliphatic hydroxyl groups is 1. The van der Waals surface area contributed by atoms with Crippen LogP contribution in [0.25, 0.3) is 0 Å². The molecule has 0 spiro atoms. The quantitative estimate of drug-likeness (QED) is 0.227. The van der Waals surface area contributed by atoms with Crippen LogP contribution in [0.3, 0.4) is 0 Å². The average molecular weight is 615 g/mol. The third-order valence-corrected chi connectivity index (χ3v) is 8.19. The fraction of sp³-hybridized carbons (Fsp3) is 0.417. The first-order valence-corrected chi connectivity index (χ1v) is 15.9. The normalized spacial score (nSPS) is 13.4. The number of carbonyl (C=O) groups is 3. The van der Waals surface area contributed by atoms with Gasteiger partial charge in [-0.05, 0) is 93.6 Å². The number of carbonyl (C=O) groups excluding carboxylic acids is 3. The maximum Gasteiger partial charge on any atom is 0.258 e. The Balaban J connectivity index is 1.26. The monoisotopic (exact) mass is 614 g/mol. The van der Waals surface area contributed by atoms with E-state index in [9.17, 15) is 14.4 Å². The topological polar surface area (TPSA) is 102 Å². The van der Waals surface area contributed by atoms with Crippen molar-refractivity contribution in [3.8, 4) is 5.75 Å². The van der Waals surface area contributed by atoms with Crippen LogP contribution in [0.1, 0.15) is 64.8 Å². The summed E-state index contributed by atoms with van der Waals surface area (Å²) >= 11 is 0. The van der Waals surface area contributed by atoms with Crippen LogP contribution in [0.15, 0.2) is 72.8 Å². The lowest BCUT2D eigenvalue weighted by Crippen LogP contribution is -2.47. The van der Waals surface area contributed by atoms with Crippen molar-refractivity contribution < 1.29 is 24.2 Å². The number of ether oxygens (including phenoxy) is 1. The lowest BCUT2D eigenvalue weighted by atomic mass is 10.0. The second-order valence-corrected chi connectivity index (χ2v) is 11.5. The first-order chi connectivity index (χ1) is 21.9. The Labute approximate surface area is 266 Å². The molecular weight excluding hydrogens is 568 g/mol. The zero-order chi connectivity index (χ0) is 32.0. The lowest BCUT2D eigenvalue weighted by Gasteiger charge is -2.32. The molecule has 1 saturated heterocycles. The summed E-state index contributed by atoms with van der Waals surface area (Å²) in [6.45, 7) is 4.12. The number of aryl methyl sites for hydroxylation is 1. The number of piperazine rings is 1. The summed E-state index contributed by atoms with van der Waals surface area (Å²) in [5.74, 6) is 0.461. The van der Waals surface area contributed by atoms with Gasteiger partial charge in [-0.1, -0.05) is 30.3 Å². The number of aliphatic hydroxyl groups excluding tert-OH is 1. The average Bonchev–Trinajstić information content (AvgIpc) is 3.06. The molecule has 0 bridgehead atoms. The lowest BCUT2D eigenvalue weighted by molar-refractivity contribution is -0.132. The number of unbranched alkanes of at least 4 members (excludes halogenated alkanes) is 3. The van der Waals surface area contributed by atoms with Crippen LogP contribution in [-0.2, 0) is 11.2 Å². The summed E-state index contributed by atoms with van der Waals surface area (Å²) in [7, 11) is 3.80. The number of likely N-dealkylation sites (N-methyl/N-ethyl adjacent to an activating group) is 1. The van der Waals surface area contributed by atoms with Crippen molar-refractivity contribution in [1.82, 2.24) is 9.80 Å². The molecule has 3 aromatic rings. The van der Waals surface area contributed by atoms with Gasteiger partial charge in [-0.3, -0.25) is 14.4 Å². The number of anilines is 2. The van der Waals surface area contributed by atoms with Gasteiger partial charge in [0.25, 0.3) is 11.8 Å². The highest BCUT2D eigenvalue weighted by Gasteiger charge is 2.19. The summed E-state index contributed by atoms with van der Waals surface area (Å²) in [6, 6.07) is 21.8. The van der Waals surface area contributed by atoms with Crippen molar-refractivity contribution in [3.63, 3.8) is 0 Å². The van der Waals surface area contributed by atoms with E-state index in [0.29, 0.717) is 54.1 Å². The number of hydrogen-bond acceptors (Lipinski definition) is 6. The van der Waals surface area contributed by atoms with Crippen LogP contribution in [0, 0.1) is 0 Å². The van der Waals surface area contributed by atoms with Crippen molar-refractivity contribution >= 4 is 29.1 Å². The van der Waals surface area contributed by atoms with Crippen LogP contribution < -0.4 is 15.0 Å². The molecule has 9 nitrogen and oxygen atoms in total. The molecule has 0 radical (unpaired) electrons. The molecule has 0 saturated carbocycles. The van der Waals surface area contributed by atoms with Gasteiger partial charge >= 0.3 is 0 Å². The Morgan fingerprint density at radius 2 is 1.56 bits per heavy atom. The molecule has 0 atom stereocenters. The maximum absolute atomic E-state index is 13.4. The van der Waals surface area contributed by atoms with Gasteiger partial charge in [0.05, 0.1) is 12.3 Å². The van der Waals surface area contributed by atoms with Crippen LogP contribution in [0.2, 0.25) is 0 Å². The largest absolute Gasteiger partial charge is 0.491 e. The smallest absolute Gasteiger partial charge is 0.258 e. The van der Waals surface area contributed by atoms with E-state index in [4.69, 9.17) is 9.84 Å². The van der Waals surface area contributed by atoms with Crippen molar-refractivity contribution in [3.05, 3.63) is 89.5 Å². The summed E-state index contributed by atoms with van der Waals surface area (Å²) in [5.41, 5.74) is 3.29. The van der Waals surface area contributed by atoms with Crippen molar-refractivity contribution in [2.24, 2.45) is 0 Å². The second kappa shape index (κ2) is 17.3. The number of nitrogens with zero attached hydrogens (tertiary/aromatic N) is 3. The van der Waals surface area contributed by atoms with E-state index in [1.54, 1.807) is 42.3 Å². The fourth-order valence-electron chi connectivity index (χ4n) is 5.39. The molecule has 3 amide bonds. The van der Waals surface area contributed by atoms with Crippen molar-refractivity contribution in [2.75, 3.05) is 63.7 Å². The van der Waals surface area contributed by atoms with Gasteiger partial charge in [-0.15, -0.1) is 0 Å². The van der Waals surface area contributed by atoms with Gasteiger partial charge in [0, 0.05) is 63.1 Å². The number of benzene rings is 3. The van der Waals surface area contributed by atoms with Gasteiger partial charge < -0.3 is 29.9 Å². The molecule has 0 aromatic heterocycles. The highest BCUT2D eigenvalue weighted by Crippen LogP contribution is 2.29. The summed E-state index contributed by atoms with van der Waals surface area (Å²) < 4.78 is 6.07. The highest BCUT2D eigenvalue weighted by molar-refractivity contribution is 6.08. The zero-order valence-electron chi connectivity index (χ0n) is 26.5. The van der Waals surface area contributed by atoms with Crippen LogP contribution in [-0.4, -0.2) is 86.1 Å². The Kier molecular flexibility index (Phi) is 13.0. The number of amides is 3.